The molecular weight excluding hydrogens is 436 g/mol. The maximum absolute atomic E-state index is 12.4. The minimum Gasteiger partial charge on any atom is -0.350 e. The third-order valence-corrected chi connectivity index (χ3v) is 4.98. The molecule has 134 valence electrons. The van der Waals surface area contributed by atoms with Crippen LogP contribution in [-0.4, -0.2) is 20.7 Å². The van der Waals surface area contributed by atoms with Gasteiger partial charge >= 0.3 is 0 Å². The highest BCUT2D eigenvalue weighted by atomic mass is 79.9. The summed E-state index contributed by atoms with van der Waals surface area (Å²) in [6.45, 7) is 2.42. The van der Waals surface area contributed by atoms with Gasteiger partial charge in [-0.25, -0.2) is 0 Å². The molecule has 0 aliphatic rings. The van der Waals surface area contributed by atoms with Crippen LogP contribution in [0.25, 0.3) is 11.4 Å². The number of carbonyl (C=O) groups is 1. The van der Waals surface area contributed by atoms with Crippen LogP contribution in [0.4, 0.5) is 0 Å². The molecule has 1 aromatic heterocycles. The van der Waals surface area contributed by atoms with Crippen LogP contribution < -0.4 is 5.32 Å². The molecule has 0 spiro atoms. The number of amides is 1. The first-order valence-electron chi connectivity index (χ1n) is 7.87. The van der Waals surface area contributed by atoms with Gasteiger partial charge < -0.3 is 5.32 Å². The number of nitrogens with zero attached hydrogens (tertiary/aromatic N) is 2. The SMILES string of the molecule is Cc1cccc(-c2n[nH]c(=S)n2CC(=O)NCc2ccc(Br)cc2Cl)c1. The Morgan fingerprint density at radius 2 is 2.15 bits per heavy atom. The van der Waals surface area contributed by atoms with E-state index in [9.17, 15) is 4.79 Å². The largest absolute Gasteiger partial charge is 0.350 e. The van der Waals surface area contributed by atoms with Crippen molar-refractivity contribution in [2.24, 2.45) is 0 Å². The molecule has 1 amide bonds. The van der Waals surface area contributed by atoms with Gasteiger partial charge in [-0.1, -0.05) is 57.4 Å². The average molecular weight is 452 g/mol. The number of aromatic nitrogens is 3. The van der Waals surface area contributed by atoms with Crippen LogP contribution in [0.1, 0.15) is 11.1 Å². The smallest absolute Gasteiger partial charge is 0.240 e. The van der Waals surface area contributed by atoms with Crippen molar-refractivity contribution in [2.75, 3.05) is 0 Å². The lowest BCUT2D eigenvalue weighted by Gasteiger charge is -2.10. The number of rotatable bonds is 5. The lowest BCUT2D eigenvalue weighted by molar-refractivity contribution is -0.121. The molecule has 1 heterocycles. The van der Waals surface area contributed by atoms with Crippen molar-refractivity contribution in [3.8, 4) is 11.4 Å². The molecule has 0 bridgehead atoms. The molecule has 3 rings (SSSR count). The predicted molar refractivity (Wildman–Crippen MR) is 109 cm³/mol. The molecule has 0 fully saturated rings. The summed E-state index contributed by atoms with van der Waals surface area (Å²) in [6, 6.07) is 13.4. The standard InChI is InChI=1S/C18H16BrClN4OS/c1-11-3-2-4-12(7-11)17-22-23-18(26)24(17)10-16(25)21-9-13-5-6-14(19)8-15(13)20/h2-8H,9-10H2,1H3,(H,21,25)(H,23,26). The van der Waals surface area contributed by atoms with Crippen molar-refractivity contribution >= 4 is 45.7 Å². The quantitative estimate of drug-likeness (QED) is 0.555. The van der Waals surface area contributed by atoms with E-state index in [1.54, 1.807) is 10.6 Å². The number of aryl methyl sites for hydroxylation is 1. The highest BCUT2D eigenvalue weighted by Gasteiger charge is 2.13. The summed E-state index contributed by atoms with van der Waals surface area (Å²) in [4.78, 5) is 12.4. The zero-order valence-corrected chi connectivity index (χ0v) is 17.1. The maximum atomic E-state index is 12.4. The Hall–Kier alpha value is -1.96. The molecule has 0 atom stereocenters. The first kappa shape index (κ1) is 18.8. The minimum atomic E-state index is -0.171. The van der Waals surface area contributed by atoms with E-state index >= 15 is 0 Å². The molecule has 2 N–H and O–H groups in total. The van der Waals surface area contributed by atoms with Crippen LogP contribution in [0, 0.1) is 11.7 Å². The summed E-state index contributed by atoms with van der Waals surface area (Å²) in [6.07, 6.45) is 0. The van der Waals surface area contributed by atoms with Gasteiger partial charge in [0.1, 0.15) is 6.54 Å². The zero-order valence-electron chi connectivity index (χ0n) is 13.9. The summed E-state index contributed by atoms with van der Waals surface area (Å²) in [5, 5.41) is 10.5. The van der Waals surface area contributed by atoms with Gasteiger partial charge in [-0.2, -0.15) is 5.10 Å². The van der Waals surface area contributed by atoms with Crippen molar-refractivity contribution in [3.05, 3.63) is 67.9 Å². The number of carbonyl (C=O) groups excluding carboxylic acids is 1. The molecule has 0 aliphatic heterocycles. The Balaban J connectivity index is 1.74. The number of benzene rings is 2. The summed E-state index contributed by atoms with van der Waals surface area (Å²) in [5.41, 5.74) is 2.86. The second-order valence-electron chi connectivity index (χ2n) is 5.82. The molecular formula is C18H16BrClN4OS. The Kier molecular flexibility index (Phi) is 5.90. The maximum Gasteiger partial charge on any atom is 0.240 e. The number of hydrogen-bond acceptors (Lipinski definition) is 3. The van der Waals surface area contributed by atoms with Crippen LogP contribution in [0.15, 0.2) is 46.9 Å². The van der Waals surface area contributed by atoms with Crippen LogP contribution >= 0.6 is 39.7 Å². The predicted octanol–water partition coefficient (Wildman–Crippen LogP) is 4.65. The monoisotopic (exact) mass is 450 g/mol. The molecule has 0 aliphatic carbocycles. The molecule has 0 saturated carbocycles. The zero-order chi connectivity index (χ0) is 18.7. The number of H-pyrrole nitrogens is 1. The number of hydrogen-bond donors (Lipinski definition) is 2. The Labute approximate surface area is 169 Å². The van der Waals surface area contributed by atoms with Gasteiger partial charge in [0.2, 0.25) is 5.91 Å². The Bertz CT molecular complexity index is 1010. The second-order valence-corrected chi connectivity index (χ2v) is 7.53. The van der Waals surface area contributed by atoms with E-state index in [0.29, 0.717) is 22.2 Å². The molecule has 0 saturated heterocycles. The lowest BCUT2D eigenvalue weighted by atomic mass is 10.1. The topological polar surface area (TPSA) is 62.7 Å². The van der Waals surface area contributed by atoms with Gasteiger partial charge in [0.15, 0.2) is 10.6 Å². The van der Waals surface area contributed by atoms with Crippen molar-refractivity contribution in [1.29, 1.82) is 0 Å². The Morgan fingerprint density at radius 3 is 2.88 bits per heavy atom. The summed E-state index contributed by atoms with van der Waals surface area (Å²) in [5.74, 6) is 0.464. The molecule has 5 nitrogen and oxygen atoms in total. The number of aromatic amines is 1. The van der Waals surface area contributed by atoms with E-state index in [4.69, 9.17) is 23.8 Å². The average Bonchev–Trinajstić information content (AvgIpc) is 2.95. The van der Waals surface area contributed by atoms with E-state index in [1.807, 2.05) is 43.3 Å². The van der Waals surface area contributed by atoms with Crippen LogP contribution in [0.3, 0.4) is 0 Å². The summed E-state index contributed by atoms with van der Waals surface area (Å²) in [7, 11) is 0. The minimum absolute atomic E-state index is 0.0761. The van der Waals surface area contributed by atoms with Gasteiger partial charge in [0.25, 0.3) is 0 Å². The molecule has 26 heavy (non-hydrogen) atoms. The third-order valence-electron chi connectivity index (χ3n) is 3.83. The molecule has 3 aromatic rings. The molecule has 0 radical (unpaired) electrons. The van der Waals surface area contributed by atoms with Crippen LogP contribution in [0.2, 0.25) is 5.02 Å². The van der Waals surface area contributed by atoms with Crippen molar-refractivity contribution in [3.63, 3.8) is 0 Å². The van der Waals surface area contributed by atoms with Crippen molar-refractivity contribution in [1.82, 2.24) is 20.1 Å². The van der Waals surface area contributed by atoms with Gasteiger partial charge in [0.05, 0.1) is 0 Å². The lowest BCUT2D eigenvalue weighted by Crippen LogP contribution is -2.27. The highest BCUT2D eigenvalue weighted by molar-refractivity contribution is 9.10. The van der Waals surface area contributed by atoms with Crippen molar-refractivity contribution < 1.29 is 4.79 Å². The van der Waals surface area contributed by atoms with E-state index in [-0.39, 0.29) is 12.5 Å². The fourth-order valence-corrected chi connectivity index (χ4v) is 3.46. The Morgan fingerprint density at radius 1 is 1.35 bits per heavy atom. The second kappa shape index (κ2) is 8.16. The van der Waals surface area contributed by atoms with Crippen LogP contribution in [0.5, 0.6) is 0 Å². The van der Waals surface area contributed by atoms with Crippen molar-refractivity contribution in [2.45, 2.75) is 20.0 Å². The normalized spacial score (nSPS) is 10.7. The fourth-order valence-electron chi connectivity index (χ4n) is 2.53. The van der Waals surface area contributed by atoms with Crippen LogP contribution in [-0.2, 0) is 17.9 Å². The van der Waals surface area contributed by atoms with E-state index < -0.39 is 0 Å². The molecule has 0 unspecified atom stereocenters. The van der Waals surface area contributed by atoms with Gasteiger partial charge in [-0.05, 0) is 42.9 Å². The number of nitrogens with one attached hydrogen (secondary N) is 2. The van der Waals surface area contributed by atoms with E-state index in [2.05, 4.69) is 31.4 Å². The molecule has 2 aromatic carbocycles. The molecule has 8 heteroatoms. The first-order valence-corrected chi connectivity index (χ1v) is 9.45. The summed E-state index contributed by atoms with van der Waals surface area (Å²) < 4.78 is 2.98. The van der Waals surface area contributed by atoms with Gasteiger partial charge in [0, 0.05) is 21.6 Å². The summed E-state index contributed by atoms with van der Waals surface area (Å²) >= 11 is 14.8. The fraction of sp³-hybridized carbons (Fsp3) is 0.167. The number of halogens is 2. The highest BCUT2D eigenvalue weighted by Crippen LogP contribution is 2.21. The third kappa shape index (κ3) is 4.41. The van der Waals surface area contributed by atoms with E-state index in [1.165, 1.54) is 0 Å². The van der Waals surface area contributed by atoms with Gasteiger partial charge in [-0.15, -0.1) is 0 Å². The van der Waals surface area contributed by atoms with Gasteiger partial charge in [-0.3, -0.25) is 14.5 Å². The first-order chi connectivity index (χ1) is 12.4. The van der Waals surface area contributed by atoms with E-state index in [0.717, 1.165) is 21.2 Å².